The molecule has 0 atom stereocenters. The fourth-order valence-corrected chi connectivity index (χ4v) is 1.60. The summed E-state index contributed by atoms with van der Waals surface area (Å²) in [5.74, 6) is 5.52. The van der Waals surface area contributed by atoms with Gasteiger partial charge in [0.05, 0.1) is 5.56 Å². The Kier molecular flexibility index (Phi) is 5.10. The summed E-state index contributed by atoms with van der Waals surface area (Å²) in [6.07, 6.45) is 2.58. The first-order valence-corrected chi connectivity index (χ1v) is 6.59. The molecule has 4 N–H and O–H groups in total. The van der Waals surface area contributed by atoms with Gasteiger partial charge in [-0.2, -0.15) is 0 Å². The molecule has 0 saturated carbocycles. The van der Waals surface area contributed by atoms with Crippen LogP contribution in [0.25, 0.3) is 0 Å². The van der Waals surface area contributed by atoms with Crippen molar-refractivity contribution < 1.29 is 4.79 Å². The number of carbonyl (C=O) groups excluding carboxylic acids is 1. The first kappa shape index (κ1) is 14.9. The number of anilines is 1. The summed E-state index contributed by atoms with van der Waals surface area (Å²) < 4.78 is 0.737. The van der Waals surface area contributed by atoms with Gasteiger partial charge in [0.15, 0.2) is 5.82 Å². The summed E-state index contributed by atoms with van der Waals surface area (Å²) in [4.78, 5) is 16.1. The normalized spacial score (nSPS) is 11.2. The lowest BCUT2D eigenvalue weighted by Crippen LogP contribution is -2.34. The number of nitrogens with one attached hydrogen (secondary N) is 2. The number of nitrogens with zero attached hydrogens (tertiary/aromatic N) is 1. The molecule has 1 aromatic heterocycles. The van der Waals surface area contributed by atoms with Gasteiger partial charge in [-0.25, -0.2) is 10.8 Å². The minimum absolute atomic E-state index is 0.0748. The van der Waals surface area contributed by atoms with Gasteiger partial charge in [-0.1, -0.05) is 20.8 Å². The number of amides is 1. The van der Waals surface area contributed by atoms with Gasteiger partial charge in [0.2, 0.25) is 0 Å². The van der Waals surface area contributed by atoms with Crippen molar-refractivity contribution in [2.24, 2.45) is 11.3 Å². The number of hydrogen-bond acceptors (Lipinski definition) is 4. The highest BCUT2D eigenvalue weighted by Crippen LogP contribution is 2.20. The zero-order chi connectivity index (χ0) is 13.8. The first-order chi connectivity index (χ1) is 8.39. The van der Waals surface area contributed by atoms with Crippen LogP contribution in [0.5, 0.6) is 0 Å². The van der Waals surface area contributed by atoms with E-state index in [4.69, 9.17) is 5.84 Å². The molecule has 0 bridgehead atoms. The summed E-state index contributed by atoms with van der Waals surface area (Å²) in [5, 5.41) is 2.90. The molecule has 0 spiro atoms. The lowest BCUT2D eigenvalue weighted by atomic mass is 9.90. The average molecular weight is 315 g/mol. The van der Waals surface area contributed by atoms with Crippen molar-refractivity contribution in [1.82, 2.24) is 10.3 Å². The second-order valence-corrected chi connectivity index (χ2v) is 5.81. The molecule has 0 unspecified atom stereocenters. The number of hydrogen-bond donors (Lipinski definition) is 3. The third-order valence-electron chi connectivity index (χ3n) is 2.92. The van der Waals surface area contributed by atoms with Crippen LogP contribution in [0.3, 0.4) is 0 Å². The number of nitrogens with two attached hydrogens (primary N) is 1. The Morgan fingerprint density at radius 3 is 2.78 bits per heavy atom. The molecular weight excluding hydrogens is 296 g/mol. The van der Waals surface area contributed by atoms with Gasteiger partial charge in [-0.05, 0) is 33.8 Å². The third-order valence-corrected chi connectivity index (χ3v) is 3.35. The van der Waals surface area contributed by atoms with E-state index >= 15 is 0 Å². The number of hydrazine groups is 1. The molecule has 100 valence electrons. The third kappa shape index (κ3) is 3.96. The van der Waals surface area contributed by atoms with Crippen molar-refractivity contribution in [3.05, 3.63) is 22.3 Å². The molecule has 0 aliphatic rings. The number of aromatic nitrogens is 1. The van der Waals surface area contributed by atoms with Crippen molar-refractivity contribution in [3.8, 4) is 0 Å². The smallest absolute Gasteiger partial charge is 0.255 e. The molecule has 0 aliphatic carbocycles. The van der Waals surface area contributed by atoms with Gasteiger partial charge in [0.1, 0.15) is 0 Å². The maximum Gasteiger partial charge on any atom is 0.255 e. The Labute approximate surface area is 116 Å². The maximum absolute atomic E-state index is 12.1. The zero-order valence-corrected chi connectivity index (χ0v) is 12.5. The standard InChI is InChI=1S/C12H19BrN4O/c1-4-12(2,3)7-16-11(18)9-5-8(13)6-15-10(9)17-14/h5-6H,4,7,14H2,1-3H3,(H,15,17)(H,16,18). The SMILES string of the molecule is CCC(C)(C)CNC(=O)c1cc(Br)cnc1NN. The first-order valence-electron chi connectivity index (χ1n) is 5.80. The van der Waals surface area contributed by atoms with Gasteiger partial charge in [-0.15, -0.1) is 0 Å². The van der Waals surface area contributed by atoms with Crippen molar-refractivity contribution in [3.63, 3.8) is 0 Å². The van der Waals surface area contributed by atoms with E-state index in [2.05, 4.69) is 52.4 Å². The predicted molar refractivity (Wildman–Crippen MR) is 76.2 cm³/mol. The van der Waals surface area contributed by atoms with Crippen LogP contribution in [0, 0.1) is 5.41 Å². The van der Waals surface area contributed by atoms with Crippen LogP contribution in [0.15, 0.2) is 16.7 Å². The van der Waals surface area contributed by atoms with E-state index in [1.165, 1.54) is 0 Å². The Morgan fingerprint density at radius 1 is 1.56 bits per heavy atom. The van der Waals surface area contributed by atoms with Gasteiger partial charge < -0.3 is 10.7 Å². The van der Waals surface area contributed by atoms with Crippen molar-refractivity contribution in [2.75, 3.05) is 12.0 Å². The molecule has 0 saturated heterocycles. The topological polar surface area (TPSA) is 80.0 Å². The summed E-state index contributed by atoms with van der Waals surface area (Å²) >= 11 is 3.29. The summed E-state index contributed by atoms with van der Waals surface area (Å²) in [6, 6.07) is 1.69. The molecular formula is C12H19BrN4O. The van der Waals surface area contributed by atoms with Crippen LogP contribution in [-0.4, -0.2) is 17.4 Å². The number of rotatable bonds is 5. The molecule has 0 fully saturated rings. The predicted octanol–water partition coefficient (Wildman–Crippen LogP) is 2.30. The fourth-order valence-electron chi connectivity index (χ4n) is 1.27. The van der Waals surface area contributed by atoms with E-state index in [1.54, 1.807) is 12.3 Å². The van der Waals surface area contributed by atoms with Crippen LogP contribution in [-0.2, 0) is 0 Å². The molecule has 0 radical (unpaired) electrons. The minimum Gasteiger partial charge on any atom is -0.351 e. The second-order valence-electron chi connectivity index (χ2n) is 4.89. The van der Waals surface area contributed by atoms with Crippen LogP contribution in [0.2, 0.25) is 0 Å². The highest BCUT2D eigenvalue weighted by Gasteiger charge is 2.18. The van der Waals surface area contributed by atoms with Crippen molar-refractivity contribution in [1.29, 1.82) is 0 Å². The van der Waals surface area contributed by atoms with Crippen LogP contribution >= 0.6 is 15.9 Å². The summed E-state index contributed by atoms with van der Waals surface area (Å²) in [7, 11) is 0. The lowest BCUT2D eigenvalue weighted by molar-refractivity contribution is 0.0936. The molecule has 18 heavy (non-hydrogen) atoms. The van der Waals surface area contributed by atoms with Crippen LogP contribution in [0.1, 0.15) is 37.6 Å². The molecule has 1 heterocycles. The number of pyridine rings is 1. The molecule has 1 rings (SSSR count). The molecule has 1 amide bonds. The number of carbonyl (C=O) groups is 1. The maximum atomic E-state index is 12.1. The molecule has 6 heteroatoms. The van der Waals surface area contributed by atoms with E-state index < -0.39 is 0 Å². The van der Waals surface area contributed by atoms with E-state index in [0.29, 0.717) is 17.9 Å². The lowest BCUT2D eigenvalue weighted by Gasteiger charge is -2.23. The monoisotopic (exact) mass is 314 g/mol. The van der Waals surface area contributed by atoms with E-state index in [9.17, 15) is 4.79 Å². The number of nitrogen functional groups attached to an aromatic ring is 1. The Balaban J connectivity index is 2.81. The second kappa shape index (κ2) is 6.15. The average Bonchev–Trinajstić information content (AvgIpc) is 2.36. The van der Waals surface area contributed by atoms with Gasteiger partial charge in [0.25, 0.3) is 5.91 Å². The molecule has 0 aromatic carbocycles. The summed E-state index contributed by atoms with van der Waals surface area (Å²) in [5.41, 5.74) is 2.93. The van der Waals surface area contributed by atoms with Gasteiger partial charge in [0, 0.05) is 17.2 Å². The van der Waals surface area contributed by atoms with Crippen molar-refractivity contribution in [2.45, 2.75) is 27.2 Å². The Morgan fingerprint density at radius 2 is 2.22 bits per heavy atom. The van der Waals surface area contributed by atoms with E-state index in [0.717, 1.165) is 10.9 Å². The highest BCUT2D eigenvalue weighted by molar-refractivity contribution is 9.10. The summed E-state index contributed by atoms with van der Waals surface area (Å²) in [6.45, 7) is 6.92. The fraction of sp³-hybridized carbons (Fsp3) is 0.500. The van der Waals surface area contributed by atoms with Gasteiger partial charge >= 0.3 is 0 Å². The quantitative estimate of drug-likeness (QED) is 0.575. The highest BCUT2D eigenvalue weighted by atomic mass is 79.9. The van der Waals surface area contributed by atoms with Gasteiger partial charge in [-0.3, -0.25) is 4.79 Å². The Bertz CT molecular complexity index is 434. The van der Waals surface area contributed by atoms with Crippen molar-refractivity contribution >= 4 is 27.7 Å². The minimum atomic E-state index is -0.182. The number of halogens is 1. The van der Waals surface area contributed by atoms with E-state index in [-0.39, 0.29) is 11.3 Å². The zero-order valence-electron chi connectivity index (χ0n) is 10.9. The molecule has 5 nitrogen and oxygen atoms in total. The molecule has 0 aliphatic heterocycles. The van der Waals surface area contributed by atoms with E-state index in [1.807, 2.05) is 0 Å². The largest absolute Gasteiger partial charge is 0.351 e. The molecule has 1 aromatic rings. The Hall–Kier alpha value is -1.14. The van der Waals surface area contributed by atoms with Crippen LogP contribution < -0.4 is 16.6 Å². The van der Waals surface area contributed by atoms with Crippen LogP contribution in [0.4, 0.5) is 5.82 Å².